The van der Waals surface area contributed by atoms with E-state index in [1.165, 1.54) is 6.92 Å². The first kappa shape index (κ1) is 14.8. The maximum Gasteiger partial charge on any atom is 0.417 e. The highest BCUT2D eigenvalue weighted by molar-refractivity contribution is 5.41. The second-order valence-electron chi connectivity index (χ2n) is 3.78. The second kappa shape index (κ2) is 4.79. The lowest BCUT2D eigenvalue weighted by atomic mass is 9.94. The van der Waals surface area contributed by atoms with E-state index in [0.717, 1.165) is 12.1 Å². The van der Waals surface area contributed by atoms with Gasteiger partial charge in [-0.2, -0.15) is 26.3 Å². The standard InChI is InChI=1S/C11H11F6N/c1-2-8(18)6-4-3-5-7(10(12,13)14)9(6)11(15,16)17/h3-5,8H,2,18H2,1H3. The van der Waals surface area contributed by atoms with Gasteiger partial charge < -0.3 is 5.73 Å². The van der Waals surface area contributed by atoms with E-state index in [1.807, 2.05) is 0 Å². The molecule has 0 bridgehead atoms. The van der Waals surface area contributed by atoms with Gasteiger partial charge in [-0.3, -0.25) is 0 Å². The zero-order valence-electron chi connectivity index (χ0n) is 9.36. The van der Waals surface area contributed by atoms with E-state index in [4.69, 9.17) is 5.73 Å². The molecule has 7 heteroatoms. The molecule has 2 N–H and O–H groups in total. The van der Waals surface area contributed by atoms with Gasteiger partial charge in [-0.1, -0.05) is 19.1 Å². The Morgan fingerprint density at radius 3 is 2.00 bits per heavy atom. The lowest BCUT2D eigenvalue weighted by Crippen LogP contribution is -2.22. The molecule has 1 aromatic rings. The van der Waals surface area contributed by atoms with Crippen LogP contribution in [0.15, 0.2) is 18.2 Å². The van der Waals surface area contributed by atoms with E-state index in [0.29, 0.717) is 6.07 Å². The number of hydrogen-bond donors (Lipinski definition) is 1. The van der Waals surface area contributed by atoms with Crippen molar-refractivity contribution in [2.75, 3.05) is 0 Å². The summed E-state index contributed by atoms with van der Waals surface area (Å²) in [5.74, 6) is 0. The highest BCUT2D eigenvalue weighted by atomic mass is 19.4. The molecule has 0 saturated carbocycles. The molecule has 1 rings (SSSR count). The summed E-state index contributed by atoms with van der Waals surface area (Å²) >= 11 is 0. The Morgan fingerprint density at radius 2 is 1.61 bits per heavy atom. The Bertz CT molecular complexity index is 421. The van der Waals surface area contributed by atoms with Gasteiger partial charge >= 0.3 is 12.4 Å². The van der Waals surface area contributed by atoms with Crippen LogP contribution in [0.1, 0.15) is 36.1 Å². The van der Waals surface area contributed by atoms with Crippen molar-refractivity contribution >= 4 is 0 Å². The van der Waals surface area contributed by atoms with Crippen molar-refractivity contribution in [2.45, 2.75) is 31.7 Å². The average molecular weight is 271 g/mol. The zero-order valence-corrected chi connectivity index (χ0v) is 9.36. The molecule has 102 valence electrons. The quantitative estimate of drug-likeness (QED) is 0.804. The van der Waals surface area contributed by atoms with E-state index in [1.54, 1.807) is 0 Å². The van der Waals surface area contributed by atoms with Crippen LogP contribution < -0.4 is 5.73 Å². The maximum absolute atomic E-state index is 12.8. The Balaban J connectivity index is 3.56. The van der Waals surface area contributed by atoms with Crippen LogP contribution >= 0.6 is 0 Å². The smallest absolute Gasteiger partial charge is 0.324 e. The minimum atomic E-state index is -5.09. The summed E-state index contributed by atoms with van der Waals surface area (Å²) < 4.78 is 76.1. The Kier molecular flexibility index (Phi) is 3.95. The van der Waals surface area contributed by atoms with Crippen LogP contribution in [-0.2, 0) is 12.4 Å². The van der Waals surface area contributed by atoms with E-state index < -0.39 is 35.1 Å². The first-order valence-electron chi connectivity index (χ1n) is 5.12. The first-order chi connectivity index (χ1) is 8.09. The van der Waals surface area contributed by atoms with Crippen LogP contribution in [0, 0.1) is 0 Å². The number of rotatable bonds is 2. The molecule has 0 aromatic heterocycles. The van der Waals surface area contributed by atoms with Crippen LogP contribution in [0.2, 0.25) is 0 Å². The number of hydrogen-bond acceptors (Lipinski definition) is 1. The molecule has 0 aliphatic heterocycles. The summed E-state index contributed by atoms with van der Waals surface area (Å²) in [6.07, 6.45) is -10.0. The fraction of sp³-hybridized carbons (Fsp3) is 0.455. The van der Waals surface area contributed by atoms with Crippen molar-refractivity contribution < 1.29 is 26.3 Å². The lowest BCUT2D eigenvalue weighted by Gasteiger charge is -2.21. The Morgan fingerprint density at radius 1 is 1.06 bits per heavy atom. The topological polar surface area (TPSA) is 26.0 Å². The van der Waals surface area contributed by atoms with E-state index in [-0.39, 0.29) is 6.42 Å². The van der Waals surface area contributed by atoms with Gasteiger partial charge in [0.05, 0.1) is 11.1 Å². The van der Waals surface area contributed by atoms with E-state index >= 15 is 0 Å². The molecule has 0 amide bonds. The Hall–Kier alpha value is -1.24. The molecule has 1 atom stereocenters. The van der Waals surface area contributed by atoms with Gasteiger partial charge in [-0.25, -0.2) is 0 Å². The van der Waals surface area contributed by atoms with Gasteiger partial charge in [-0.05, 0) is 18.1 Å². The monoisotopic (exact) mass is 271 g/mol. The van der Waals surface area contributed by atoms with E-state index in [2.05, 4.69) is 0 Å². The minimum Gasteiger partial charge on any atom is -0.324 e. The van der Waals surface area contributed by atoms with Gasteiger partial charge in [0.1, 0.15) is 0 Å². The molecule has 0 fully saturated rings. The molecule has 0 spiro atoms. The number of alkyl halides is 6. The van der Waals surface area contributed by atoms with Crippen molar-refractivity contribution in [3.05, 3.63) is 34.9 Å². The van der Waals surface area contributed by atoms with Crippen LogP contribution in [0.25, 0.3) is 0 Å². The predicted octanol–water partition coefficient (Wildman–Crippen LogP) is 4.13. The van der Waals surface area contributed by atoms with Gasteiger partial charge in [-0.15, -0.1) is 0 Å². The summed E-state index contributed by atoms with van der Waals surface area (Å²) in [4.78, 5) is 0. The molecule has 0 heterocycles. The Labute approximate surface area is 99.6 Å². The molecule has 18 heavy (non-hydrogen) atoms. The average Bonchev–Trinajstić information content (AvgIpc) is 2.24. The summed E-state index contributed by atoms with van der Waals surface area (Å²) in [5, 5.41) is 0. The fourth-order valence-corrected chi connectivity index (χ4v) is 1.65. The lowest BCUT2D eigenvalue weighted by molar-refractivity contribution is -0.162. The molecular weight excluding hydrogens is 260 g/mol. The summed E-state index contributed by atoms with van der Waals surface area (Å²) in [5.41, 5.74) is 1.52. The normalized spacial score (nSPS) is 14.7. The summed E-state index contributed by atoms with van der Waals surface area (Å²) in [6.45, 7) is 1.51. The van der Waals surface area contributed by atoms with Gasteiger partial charge in [0, 0.05) is 6.04 Å². The van der Waals surface area contributed by atoms with Gasteiger partial charge in [0.25, 0.3) is 0 Å². The molecule has 0 radical (unpaired) electrons. The largest absolute Gasteiger partial charge is 0.417 e. The van der Waals surface area contributed by atoms with E-state index in [9.17, 15) is 26.3 Å². The number of benzene rings is 1. The molecule has 1 nitrogen and oxygen atoms in total. The molecule has 0 saturated heterocycles. The predicted molar refractivity (Wildman–Crippen MR) is 53.7 cm³/mol. The maximum atomic E-state index is 12.8. The summed E-state index contributed by atoms with van der Waals surface area (Å²) in [6, 6.07) is 1.24. The van der Waals surface area contributed by atoms with Gasteiger partial charge in [0.2, 0.25) is 0 Å². The second-order valence-corrected chi connectivity index (χ2v) is 3.78. The van der Waals surface area contributed by atoms with Crippen molar-refractivity contribution in [2.24, 2.45) is 5.73 Å². The third kappa shape index (κ3) is 2.95. The molecule has 0 aliphatic carbocycles. The van der Waals surface area contributed by atoms with Crippen molar-refractivity contribution in [1.82, 2.24) is 0 Å². The molecule has 1 unspecified atom stereocenters. The molecule has 0 aliphatic rings. The third-order valence-electron chi connectivity index (χ3n) is 2.52. The SMILES string of the molecule is CCC(N)c1cccc(C(F)(F)F)c1C(F)(F)F. The van der Waals surface area contributed by atoms with Crippen LogP contribution in [0.3, 0.4) is 0 Å². The molecule has 1 aromatic carbocycles. The van der Waals surface area contributed by atoms with Crippen molar-refractivity contribution in [3.8, 4) is 0 Å². The van der Waals surface area contributed by atoms with Crippen molar-refractivity contribution in [3.63, 3.8) is 0 Å². The highest BCUT2D eigenvalue weighted by Crippen LogP contribution is 2.43. The minimum absolute atomic E-state index is 0.115. The van der Waals surface area contributed by atoms with Crippen LogP contribution in [-0.4, -0.2) is 0 Å². The zero-order chi connectivity index (χ0) is 14.1. The van der Waals surface area contributed by atoms with Crippen LogP contribution in [0.4, 0.5) is 26.3 Å². The molecular formula is C11H11F6N. The van der Waals surface area contributed by atoms with Crippen molar-refractivity contribution in [1.29, 1.82) is 0 Å². The third-order valence-corrected chi connectivity index (χ3v) is 2.52. The highest BCUT2D eigenvalue weighted by Gasteiger charge is 2.45. The van der Waals surface area contributed by atoms with Gasteiger partial charge in [0.15, 0.2) is 0 Å². The van der Waals surface area contributed by atoms with Crippen LogP contribution in [0.5, 0.6) is 0 Å². The summed E-state index contributed by atoms with van der Waals surface area (Å²) in [7, 11) is 0. The first-order valence-corrected chi connectivity index (χ1v) is 5.12. The number of halogens is 6. The number of nitrogens with two attached hydrogens (primary N) is 1. The fourth-order valence-electron chi connectivity index (χ4n) is 1.65.